The second kappa shape index (κ2) is 6.67. The molecule has 26 heavy (non-hydrogen) atoms. The number of aryl methyl sites for hydroxylation is 1. The van der Waals surface area contributed by atoms with E-state index < -0.39 is 0 Å². The fourth-order valence-electron chi connectivity index (χ4n) is 3.43. The van der Waals surface area contributed by atoms with Gasteiger partial charge in [-0.1, -0.05) is 30.3 Å². The Morgan fingerprint density at radius 1 is 1.15 bits per heavy atom. The Morgan fingerprint density at radius 3 is 2.77 bits per heavy atom. The van der Waals surface area contributed by atoms with E-state index in [1.54, 1.807) is 0 Å². The number of nitrogens with zero attached hydrogens (tertiary/aromatic N) is 1. The number of hydrogen-bond donors (Lipinski definition) is 2. The quantitative estimate of drug-likeness (QED) is 0.748. The summed E-state index contributed by atoms with van der Waals surface area (Å²) in [6, 6.07) is 15.9. The predicted octanol–water partition coefficient (Wildman–Crippen LogP) is 3.10. The molecule has 2 aromatic carbocycles. The zero-order chi connectivity index (χ0) is 18.1. The molecule has 2 heterocycles. The van der Waals surface area contributed by atoms with Gasteiger partial charge in [-0.2, -0.15) is 0 Å². The highest BCUT2D eigenvalue weighted by atomic mass is 16.2. The number of amides is 2. The van der Waals surface area contributed by atoms with Crippen LogP contribution in [-0.4, -0.2) is 22.5 Å². The standard InChI is InChI=1S/C21H21N3O2/c1-14-9-17-10-16-7-8-24(13-18(16)11-19(17)23-20(14)25)21(26)22-12-15-5-3-2-4-6-15/h2-6,9-11H,7-8,12-13H2,1H3,(H,22,26)(H,23,25). The van der Waals surface area contributed by atoms with Gasteiger partial charge in [0.25, 0.3) is 5.56 Å². The number of H-pyrrole nitrogens is 1. The molecule has 1 aliphatic rings. The maximum atomic E-state index is 12.5. The predicted molar refractivity (Wildman–Crippen MR) is 102 cm³/mol. The number of aromatic amines is 1. The van der Waals surface area contributed by atoms with Gasteiger partial charge in [0, 0.05) is 30.7 Å². The van der Waals surface area contributed by atoms with E-state index in [1.165, 1.54) is 5.56 Å². The van der Waals surface area contributed by atoms with Crippen LogP contribution in [0.4, 0.5) is 4.79 Å². The lowest BCUT2D eigenvalue weighted by atomic mass is 9.97. The van der Waals surface area contributed by atoms with Gasteiger partial charge in [-0.05, 0) is 53.6 Å². The van der Waals surface area contributed by atoms with Crippen LogP contribution in [0.15, 0.2) is 53.3 Å². The summed E-state index contributed by atoms with van der Waals surface area (Å²) in [7, 11) is 0. The SMILES string of the molecule is Cc1cc2cc3c(cc2[nH]c1=O)CN(C(=O)NCc1ccccc1)CC3. The number of carbonyl (C=O) groups is 1. The van der Waals surface area contributed by atoms with Crippen LogP contribution >= 0.6 is 0 Å². The molecule has 2 N–H and O–H groups in total. The third-order valence-electron chi connectivity index (χ3n) is 4.94. The number of hydrogen-bond acceptors (Lipinski definition) is 2. The van der Waals surface area contributed by atoms with Crippen molar-refractivity contribution in [2.75, 3.05) is 6.54 Å². The van der Waals surface area contributed by atoms with E-state index in [9.17, 15) is 9.59 Å². The van der Waals surface area contributed by atoms with Crippen LogP contribution in [0.5, 0.6) is 0 Å². The number of fused-ring (bicyclic) bond motifs is 2. The second-order valence-corrected chi connectivity index (χ2v) is 6.81. The van der Waals surface area contributed by atoms with Gasteiger partial charge in [0.2, 0.25) is 0 Å². The molecule has 0 fully saturated rings. The minimum absolute atomic E-state index is 0.0583. The number of nitrogens with one attached hydrogen (secondary N) is 2. The maximum absolute atomic E-state index is 12.5. The molecule has 0 saturated heterocycles. The van der Waals surface area contributed by atoms with Gasteiger partial charge in [0.15, 0.2) is 0 Å². The summed E-state index contributed by atoms with van der Waals surface area (Å²) >= 11 is 0. The third kappa shape index (κ3) is 3.20. The average Bonchev–Trinajstić information content (AvgIpc) is 2.66. The number of carbonyl (C=O) groups excluding carboxylic acids is 1. The summed E-state index contributed by atoms with van der Waals surface area (Å²) in [5.74, 6) is 0. The smallest absolute Gasteiger partial charge is 0.317 e. The van der Waals surface area contributed by atoms with Crippen molar-refractivity contribution in [3.05, 3.63) is 81.1 Å². The number of urea groups is 1. The molecule has 0 unspecified atom stereocenters. The van der Waals surface area contributed by atoms with Crippen molar-refractivity contribution in [2.24, 2.45) is 0 Å². The fourth-order valence-corrected chi connectivity index (χ4v) is 3.43. The number of pyridine rings is 1. The summed E-state index contributed by atoms with van der Waals surface area (Å²) in [6.45, 7) is 3.59. The first-order valence-corrected chi connectivity index (χ1v) is 8.82. The van der Waals surface area contributed by atoms with E-state index in [0.717, 1.165) is 34.0 Å². The van der Waals surface area contributed by atoms with Gasteiger partial charge in [-0.25, -0.2) is 4.79 Å². The van der Waals surface area contributed by atoms with Crippen molar-refractivity contribution >= 4 is 16.9 Å². The first-order chi connectivity index (χ1) is 12.6. The molecule has 2 amide bonds. The van der Waals surface area contributed by atoms with Crippen LogP contribution in [-0.2, 0) is 19.5 Å². The molecule has 0 atom stereocenters. The zero-order valence-electron chi connectivity index (χ0n) is 14.7. The minimum atomic E-state index is -0.0641. The Balaban J connectivity index is 1.51. The number of aromatic nitrogens is 1. The molecule has 0 saturated carbocycles. The van der Waals surface area contributed by atoms with Crippen LogP contribution in [0, 0.1) is 6.92 Å². The van der Waals surface area contributed by atoms with Crippen LogP contribution < -0.4 is 10.9 Å². The molecule has 5 heteroatoms. The fraction of sp³-hybridized carbons (Fsp3) is 0.238. The molecule has 3 aromatic rings. The van der Waals surface area contributed by atoms with Crippen molar-refractivity contribution in [3.63, 3.8) is 0 Å². The molecule has 1 aliphatic heterocycles. The molecule has 5 nitrogen and oxygen atoms in total. The molecular formula is C21H21N3O2. The van der Waals surface area contributed by atoms with Gasteiger partial charge in [0.05, 0.1) is 0 Å². The van der Waals surface area contributed by atoms with E-state index in [0.29, 0.717) is 19.6 Å². The Morgan fingerprint density at radius 2 is 1.96 bits per heavy atom. The molecule has 0 spiro atoms. The van der Waals surface area contributed by atoms with E-state index in [2.05, 4.69) is 16.4 Å². The van der Waals surface area contributed by atoms with Gasteiger partial charge < -0.3 is 15.2 Å². The molecule has 0 radical (unpaired) electrons. The Labute approximate surface area is 151 Å². The lowest BCUT2D eigenvalue weighted by molar-refractivity contribution is 0.192. The Hall–Kier alpha value is -3.08. The normalized spacial score (nSPS) is 13.5. The molecule has 4 rings (SSSR count). The molecule has 0 aliphatic carbocycles. The van der Waals surface area contributed by atoms with E-state index in [4.69, 9.17) is 0 Å². The first kappa shape index (κ1) is 16.4. The summed E-state index contributed by atoms with van der Waals surface area (Å²) in [5.41, 5.74) is 4.90. The summed E-state index contributed by atoms with van der Waals surface area (Å²) in [5, 5.41) is 4.03. The minimum Gasteiger partial charge on any atom is -0.334 e. The first-order valence-electron chi connectivity index (χ1n) is 8.82. The van der Waals surface area contributed by atoms with Gasteiger partial charge >= 0.3 is 6.03 Å². The van der Waals surface area contributed by atoms with Crippen LogP contribution in [0.25, 0.3) is 10.9 Å². The number of benzene rings is 2. The van der Waals surface area contributed by atoms with Crippen molar-refractivity contribution < 1.29 is 4.79 Å². The molecule has 0 bridgehead atoms. The largest absolute Gasteiger partial charge is 0.334 e. The van der Waals surface area contributed by atoms with Gasteiger partial charge in [-0.15, -0.1) is 0 Å². The van der Waals surface area contributed by atoms with E-state index in [1.807, 2.05) is 54.3 Å². The zero-order valence-corrected chi connectivity index (χ0v) is 14.7. The molecular weight excluding hydrogens is 326 g/mol. The summed E-state index contributed by atoms with van der Waals surface area (Å²) in [4.78, 5) is 29.1. The summed E-state index contributed by atoms with van der Waals surface area (Å²) in [6.07, 6.45) is 0.822. The topological polar surface area (TPSA) is 65.2 Å². The number of rotatable bonds is 2. The third-order valence-corrected chi connectivity index (χ3v) is 4.94. The highest BCUT2D eigenvalue weighted by molar-refractivity contribution is 5.81. The highest BCUT2D eigenvalue weighted by Gasteiger charge is 2.21. The Kier molecular flexibility index (Phi) is 4.21. The van der Waals surface area contributed by atoms with Gasteiger partial charge in [0.1, 0.15) is 0 Å². The van der Waals surface area contributed by atoms with Crippen molar-refractivity contribution in [3.8, 4) is 0 Å². The molecule has 132 valence electrons. The van der Waals surface area contributed by atoms with Crippen LogP contribution in [0.3, 0.4) is 0 Å². The van der Waals surface area contributed by atoms with Crippen LogP contribution in [0.2, 0.25) is 0 Å². The Bertz CT molecular complexity index is 1020. The van der Waals surface area contributed by atoms with Crippen LogP contribution in [0.1, 0.15) is 22.3 Å². The lowest BCUT2D eigenvalue weighted by Crippen LogP contribution is -2.42. The average molecular weight is 347 g/mol. The lowest BCUT2D eigenvalue weighted by Gasteiger charge is -2.29. The van der Waals surface area contributed by atoms with Crippen molar-refractivity contribution in [1.82, 2.24) is 15.2 Å². The van der Waals surface area contributed by atoms with Crippen molar-refractivity contribution in [2.45, 2.75) is 26.4 Å². The van der Waals surface area contributed by atoms with E-state index in [-0.39, 0.29) is 11.6 Å². The maximum Gasteiger partial charge on any atom is 0.317 e. The second-order valence-electron chi connectivity index (χ2n) is 6.81. The van der Waals surface area contributed by atoms with Crippen molar-refractivity contribution in [1.29, 1.82) is 0 Å². The highest BCUT2D eigenvalue weighted by Crippen LogP contribution is 2.24. The van der Waals surface area contributed by atoms with Gasteiger partial charge in [-0.3, -0.25) is 4.79 Å². The monoisotopic (exact) mass is 347 g/mol. The summed E-state index contributed by atoms with van der Waals surface area (Å²) < 4.78 is 0. The molecule has 1 aromatic heterocycles. The van der Waals surface area contributed by atoms with E-state index >= 15 is 0 Å².